The standard InChI is InChI=1S/C12H20O/c1-4-10-5-9-6-11(10)12(7-9)13-8(2)3/h4,8-9,11-12H,5-7H2,1-3H3/t9-,11-,12?/m0/s1. The molecule has 0 aromatic rings. The molecule has 1 unspecified atom stereocenters. The third-order valence-electron chi connectivity index (χ3n) is 3.42. The molecule has 0 aromatic heterocycles. The molecule has 0 heterocycles. The average Bonchev–Trinajstić information content (AvgIpc) is 2.60. The van der Waals surface area contributed by atoms with Crippen molar-refractivity contribution in [1.82, 2.24) is 0 Å². The lowest BCUT2D eigenvalue weighted by Gasteiger charge is -2.26. The Bertz CT molecular complexity index is 217. The molecule has 0 spiro atoms. The maximum atomic E-state index is 5.94. The molecule has 2 saturated carbocycles. The summed E-state index contributed by atoms with van der Waals surface area (Å²) >= 11 is 0. The summed E-state index contributed by atoms with van der Waals surface area (Å²) < 4.78 is 5.94. The largest absolute Gasteiger partial charge is 0.375 e. The quantitative estimate of drug-likeness (QED) is 0.593. The fourth-order valence-corrected chi connectivity index (χ4v) is 2.97. The van der Waals surface area contributed by atoms with Crippen LogP contribution in [0.3, 0.4) is 0 Å². The first-order valence-electron chi connectivity index (χ1n) is 5.51. The topological polar surface area (TPSA) is 9.23 Å². The molecule has 0 amide bonds. The minimum Gasteiger partial charge on any atom is -0.375 e. The minimum atomic E-state index is 0.391. The summed E-state index contributed by atoms with van der Waals surface area (Å²) in [5.74, 6) is 1.69. The van der Waals surface area contributed by atoms with Gasteiger partial charge in [-0.3, -0.25) is 0 Å². The monoisotopic (exact) mass is 180 g/mol. The molecule has 2 aliphatic rings. The average molecular weight is 180 g/mol. The summed E-state index contributed by atoms with van der Waals surface area (Å²) in [5.41, 5.74) is 1.65. The number of hydrogen-bond donors (Lipinski definition) is 0. The Morgan fingerprint density at radius 1 is 1.38 bits per heavy atom. The fraction of sp³-hybridized carbons (Fsp3) is 0.833. The lowest BCUT2D eigenvalue weighted by molar-refractivity contribution is -0.0116. The van der Waals surface area contributed by atoms with Crippen molar-refractivity contribution in [2.24, 2.45) is 11.8 Å². The molecule has 74 valence electrons. The number of allylic oxidation sites excluding steroid dienone is 1. The Hall–Kier alpha value is -0.300. The number of fused-ring (bicyclic) bond motifs is 2. The lowest BCUT2D eigenvalue weighted by atomic mass is 9.92. The molecule has 0 radical (unpaired) electrons. The van der Waals surface area contributed by atoms with E-state index in [2.05, 4.69) is 26.8 Å². The van der Waals surface area contributed by atoms with Crippen LogP contribution < -0.4 is 0 Å². The first kappa shape index (κ1) is 9.26. The van der Waals surface area contributed by atoms with Gasteiger partial charge in [-0.15, -0.1) is 0 Å². The smallest absolute Gasteiger partial charge is 0.0646 e. The molecule has 2 fully saturated rings. The van der Waals surface area contributed by atoms with Crippen LogP contribution in [-0.2, 0) is 4.74 Å². The molecule has 2 aliphatic carbocycles. The van der Waals surface area contributed by atoms with Crippen molar-refractivity contribution >= 4 is 0 Å². The van der Waals surface area contributed by atoms with E-state index in [9.17, 15) is 0 Å². The highest BCUT2D eigenvalue weighted by Gasteiger charge is 2.43. The molecule has 3 atom stereocenters. The van der Waals surface area contributed by atoms with Gasteiger partial charge in [0, 0.05) is 5.92 Å². The van der Waals surface area contributed by atoms with Crippen molar-refractivity contribution in [1.29, 1.82) is 0 Å². The van der Waals surface area contributed by atoms with E-state index < -0.39 is 0 Å². The summed E-state index contributed by atoms with van der Waals surface area (Å²) in [4.78, 5) is 0. The SMILES string of the molecule is CC=C1C[C@@H]2CC(OC(C)C)[C@H]1C2. The highest BCUT2D eigenvalue weighted by Crippen LogP contribution is 2.49. The van der Waals surface area contributed by atoms with Gasteiger partial charge in [-0.05, 0) is 46.0 Å². The molecule has 0 aliphatic heterocycles. The van der Waals surface area contributed by atoms with Gasteiger partial charge < -0.3 is 4.74 Å². The van der Waals surface area contributed by atoms with E-state index in [1.165, 1.54) is 19.3 Å². The van der Waals surface area contributed by atoms with E-state index in [0.717, 1.165) is 11.8 Å². The fourth-order valence-electron chi connectivity index (χ4n) is 2.97. The van der Waals surface area contributed by atoms with Crippen LogP contribution >= 0.6 is 0 Å². The summed E-state index contributed by atoms with van der Waals surface area (Å²) in [7, 11) is 0. The summed E-state index contributed by atoms with van der Waals surface area (Å²) in [6, 6.07) is 0. The van der Waals surface area contributed by atoms with Crippen molar-refractivity contribution in [2.45, 2.75) is 52.2 Å². The molecule has 0 aromatic carbocycles. The zero-order valence-corrected chi connectivity index (χ0v) is 8.92. The van der Waals surface area contributed by atoms with Crippen molar-refractivity contribution in [2.75, 3.05) is 0 Å². The molecule has 1 heteroatoms. The normalized spacial score (nSPS) is 40.9. The van der Waals surface area contributed by atoms with Crippen LogP contribution in [0.1, 0.15) is 40.0 Å². The molecule has 13 heavy (non-hydrogen) atoms. The molecule has 1 nitrogen and oxygen atoms in total. The first-order valence-corrected chi connectivity index (χ1v) is 5.51. The maximum absolute atomic E-state index is 5.94. The van der Waals surface area contributed by atoms with Crippen molar-refractivity contribution in [3.05, 3.63) is 11.6 Å². The zero-order chi connectivity index (χ0) is 9.42. The second-order valence-electron chi connectivity index (χ2n) is 4.73. The van der Waals surface area contributed by atoms with Gasteiger partial charge in [0.2, 0.25) is 0 Å². The van der Waals surface area contributed by atoms with Gasteiger partial charge in [-0.1, -0.05) is 11.6 Å². The van der Waals surface area contributed by atoms with Crippen molar-refractivity contribution in [3.63, 3.8) is 0 Å². The number of rotatable bonds is 2. The molecule has 2 rings (SSSR count). The van der Waals surface area contributed by atoms with Crippen LogP contribution in [0.15, 0.2) is 11.6 Å². The van der Waals surface area contributed by atoms with Crippen LogP contribution in [0.2, 0.25) is 0 Å². The second kappa shape index (κ2) is 3.45. The Morgan fingerprint density at radius 2 is 2.15 bits per heavy atom. The molecule has 2 bridgehead atoms. The Morgan fingerprint density at radius 3 is 2.69 bits per heavy atom. The van der Waals surface area contributed by atoms with Gasteiger partial charge in [0.05, 0.1) is 12.2 Å². The summed E-state index contributed by atoms with van der Waals surface area (Å²) in [6.45, 7) is 6.45. The van der Waals surface area contributed by atoms with E-state index in [-0.39, 0.29) is 0 Å². The maximum Gasteiger partial charge on any atom is 0.0646 e. The van der Waals surface area contributed by atoms with Gasteiger partial charge in [0.15, 0.2) is 0 Å². The summed E-state index contributed by atoms with van der Waals surface area (Å²) in [5, 5.41) is 0. The Labute approximate surface area is 81.2 Å². The third-order valence-corrected chi connectivity index (χ3v) is 3.42. The molecule has 0 N–H and O–H groups in total. The lowest BCUT2D eigenvalue weighted by Crippen LogP contribution is -2.25. The van der Waals surface area contributed by atoms with Crippen LogP contribution in [0.25, 0.3) is 0 Å². The predicted molar refractivity (Wildman–Crippen MR) is 54.6 cm³/mol. The molecular weight excluding hydrogens is 160 g/mol. The van der Waals surface area contributed by atoms with Crippen LogP contribution in [0.4, 0.5) is 0 Å². The Kier molecular flexibility index (Phi) is 2.46. The number of ether oxygens (including phenoxy) is 1. The highest BCUT2D eigenvalue weighted by molar-refractivity contribution is 5.18. The Balaban J connectivity index is 2.02. The van der Waals surface area contributed by atoms with E-state index in [0.29, 0.717) is 12.2 Å². The van der Waals surface area contributed by atoms with E-state index in [4.69, 9.17) is 4.74 Å². The summed E-state index contributed by atoms with van der Waals surface area (Å²) in [6.07, 6.45) is 7.27. The first-order chi connectivity index (χ1) is 6.20. The molecular formula is C12H20O. The second-order valence-corrected chi connectivity index (χ2v) is 4.73. The van der Waals surface area contributed by atoms with Gasteiger partial charge in [0.1, 0.15) is 0 Å². The van der Waals surface area contributed by atoms with Crippen molar-refractivity contribution in [3.8, 4) is 0 Å². The van der Waals surface area contributed by atoms with Crippen molar-refractivity contribution < 1.29 is 4.74 Å². The highest BCUT2D eigenvalue weighted by atomic mass is 16.5. The number of hydrogen-bond acceptors (Lipinski definition) is 1. The minimum absolute atomic E-state index is 0.391. The van der Waals surface area contributed by atoms with Gasteiger partial charge in [-0.2, -0.15) is 0 Å². The zero-order valence-electron chi connectivity index (χ0n) is 8.92. The van der Waals surface area contributed by atoms with E-state index in [1.807, 2.05) is 0 Å². The van der Waals surface area contributed by atoms with Crippen LogP contribution in [0.5, 0.6) is 0 Å². The van der Waals surface area contributed by atoms with Crippen LogP contribution in [0, 0.1) is 11.8 Å². The van der Waals surface area contributed by atoms with Gasteiger partial charge >= 0.3 is 0 Å². The van der Waals surface area contributed by atoms with Crippen LogP contribution in [-0.4, -0.2) is 12.2 Å². The van der Waals surface area contributed by atoms with E-state index >= 15 is 0 Å². The predicted octanol–water partition coefficient (Wildman–Crippen LogP) is 3.16. The van der Waals surface area contributed by atoms with Gasteiger partial charge in [0.25, 0.3) is 0 Å². The molecule has 0 saturated heterocycles. The van der Waals surface area contributed by atoms with E-state index in [1.54, 1.807) is 5.57 Å². The third kappa shape index (κ3) is 1.67. The van der Waals surface area contributed by atoms with Gasteiger partial charge in [-0.25, -0.2) is 0 Å².